The van der Waals surface area contributed by atoms with Gasteiger partial charge in [0.05, 0.1) is 17.9 Å². The molecular formula is C12H17N7. The molecule has 0 aliphatic heterocycles. The number of hydrogen-bond acceptors (Lipinski definition) is 4. The second-order valence-corrected chi connectivity index (χ2v) is 4.85. The molecule has 100 valence electrons. The van der Waals surface area contributed by atoms with Crippen LogP contribution in [0.25, 0.3) is 11.2 Å². The van der Waals surface area contributed by atoms with Crippen molar-refractivity contribution in [1.82, 2.24) is 29.1 Å². The van der Waals surface area contributed by atoms with Crippen molar-refractivity contribution in [2.45, 2.75) is 20.4 Å². The number of nitrogen functional groups attached to an aromatic ring is 1. The van der Waals surface area contributed by atoms with Gasteiger partial charge in [-0.1, -0.05) is 0 Å². The van der Waals surface area contributed by atoms with Gasteiger partial charge in [-0.25, -0.2) is 4.98 Å². The van der Waals surface area contributed by atoms with Crippen molar-refractivity contribution in [2.75, 3.05) is 5.73 Å². The third-order valence-corrected chi connectivity index (χ3v) is 3.36. The molecular weight excluding hydrogens is 242 g/mol. The number of aryl methyl sites for hydroxylation is 4. The van der Waals surface area contributed by atoms with Crippen molar-refractivity contribution in [3.63, 3.8) is 0 Å². The number of anilines is 1. The van der Waals surface area contributed by atoms with Gasteiger partial charge in [-0.3, -0.25) is 13.9 Å². The lowest BCUT2D eigenvalue weighted by Gasteiger charge is -2.05. The standard InChI is InChI=1S/C12H17N7/c1-7-9(5-17(3)15-7)6-19-11-10(14-12(19)13)8(2)16-18(11)4/h5H,6H2,1-4H3,(H2,13,14). The summed E-state index contributed by atoms with van der Waals surface area (Å²) >= 11 is 0. The molecule has 0 unspecified atom stereocenters. The second kappa shape index (κ2) is 3.84. The van der Waals surface area contributed by atoms with Crippen molar-refractivity contribution in [2.24, 2.45) is 14.1 Å². The predicted octanol–water partition coefficient (Wildman–Crippen LogP) is 0.751. The van der Waals surface area contributed by atoms with Crippen LogP contribution in [0, 0.1) is 13.8 Å². The van der Waals surface area contributed by atoms with E-state index in [9.17, 15) is 0 Å². The largest absolute Gasteiger partial charge is 0.369 e. The Morgan fingerprint density at radius 2 is 1.89 bits per heavy atom. The quantitative estimate of drug-likeness (QED) is 0.736. The zero-order valence-electron chi connectivity index (χ0n) is 11.5. The van der Waals surface area contributed by atoms with Gasteiger partial charge in [-0.2, -0.15) is 10.2 Å². The molecule has 3 aromatic heterocycles. The number of imidazole rings is 1. The normalized spacial score (nSPS) is 11.6. The first-order valence-electron chi connectivity index (χ1n) is 6.12. The van der Waals surface area contributed by atoms with E-state index in [1.54, 1.807) is 0 Å². The van der Waals surface area contributed by atoms with Gasteiger partial charge in [0, 0.05) is 25.9 Å². The smallest absolute Gasteiger partial charge is 0.202 e. The minimum atomic E-state index is 0.509. The van der Waals surface area contributed by atoms with E-state index in [1.807, 2.05) is 48.1 Å². The fraction of sp³-hybridized carbons (Fsp3) is 0.417. The summed E-state index contributed by atoms with van der Waals surface area (Å²) in [6, 6.07) is 0. The van der Waals surface area contributed by atoms with Crippen molar-refractivity contribution in [1.29, 1.82) is 0 Å². The SMILES string of the molecule is Cc1nn(C)cc1Cn1c(N)nc2c(C)nn(C)c21. The van der Waals surface area contributed by atoms with Crippen LogP contribution >= 0.6 is 0 Å². The molecule has 0 saturated heterocycles. The molecule has 7 nitrogen and oxygen atoms in total. The van der Waals surface area contributed by atoms with Crippen LogP contribution in [0.3, 0.4) is 0 Å². The summed E-state index contributed by atoms with van der Waals surface area (Å²) in [7, 11) is 3.82. The average molecular weight is 259 g/mol. The Balaban J connectivity index is 2.15. The maximum absolute atomic E-state index is 6.02. The molecule has 0 amide bonds. The Morgan fingerprint density at radius 3 is 2.53 bits per heavy atom. The van der Waals surface area contributed by atoms with Crippen LogP contribution in [0.15, 0.2) is 6.20 Å². The first kappa shape index (κ1) is 11.8. The lowest BCUT2D eigenvalue weighted by molar-refractivity contribution is 0.724. The third-order valence-electron chi connectivity index (χ3n) is 3.36. The molecule has 19 heavy (non-hydrogen) atoms. The summed E-state index contributed by atoms with van der Waals surface area (Å²) in [4.78, 5) is 4.40. The summed E-state index contributed by atoms with van der Waals surface area (Å²) in [6.07, 6.45) is 2.00. The Hall–Kier alpha value is -2.31. The van der Waals surface area contributed by atoms with Crippen LogP contribution in [-0.2, 0) is 20.6 Å². The number of nitrogens with zero attached hydrogens (tertiary/aromatic N) is 6. The summed E-state index contributed by atoms with van der Waals surface area (Å²) < 4.78 is 5.60. The molecule has 0 aromatic carbocycles. The van der Waals surface area contributed by atoms with Gasteiger partial charge >= 0.3 is 0 Å². The fourth-order valence-electron chi connectivity index (χ4n) is 2.48. The fourth-order valence-corrected chi connectivity index (χ4v) is 2.48. The summed E-state index contributed by atoms with van der Waals surface area (Å²) in [5.41, 5.74) is 10.9. The Labute approximate surface area is 110 Å². The van der Waals surface area contributed by atoms with Crippen molar-refractivity contribution < 1.29 is 0 Å². The van der Waals surface area contributed by atoms with Crippen molar-refractivity contribution in [3.8, 4) is 0 Å². The monoisotopic (exact) mass is 259 g/mol. The third kappa shape index (κ3) is 1.69. The maximum Gasteiger partial charge on any atom is 0.202 e. The number of nitrogens with two attached hydrogens (primary N) is 1. The van der Waals surface area contributed by atoms with Crippen molar-refractivity contribution >= 4 is 17.1 Å². The Morgan fingerprint density at radius 1 is 1.16 bits per heavy atom. The van der Waals surface area contributed by atoms with Crippen LogP contribution in [0.5, 0.6) is 0 Å². The summed E-state index contributed by atoms with van der Waals surface area (Å²) in [6.45, 7) is 4.59. The highest BCUT2D eigenvalue weighted by molar-refractivity contribution is 5.77. The zero-order chi connectivity index (χ0) is 13.7. The molecule has 7 heteroatoms. The predicted molar refractivity (Wildman–Crippen MR) is 72.7 cm³/mol. The summed E-state index contributed by atoms with van der Waals surface area (Å²) in [5.74, 6) is 0.509. The van der Waals surface area contributed by atoms with Gasteiger partial charge in [0.25, 0.3) is 0 Å². The molecule has 0 spiro atoms. The van der Waals surface area contributed by atoms with E-state index < -0.39 is 0 Å². The molecule has 2 N–H and O–H groups in total. The summed E-state index contributed by atoms with van der Waals surface area (Å²) in [5, 5.41) is 8.73. The Kier molecular flexibility index (Phi) is 2.38. The van der Waals surface area contributed by atoms with E-state index in [0.717, 1.165) is 28.1 Å². The molecule has 3 aromatic rings. The van der Waals surface area contributed by atoms with Crippen LogP contribution in [-0.4, -0.2) is 29.1 Å². The number of fused-ring (bicyclic) bond motifs is 1. The van der Waals surface area contributed by atoms with Gasteiger partial charge < -0.3 is 5.73 Å². The highest BCUT2D eigenvalue weighted by atomic mass is 15.3. The van der Waals surface area contributed by atoms with E-state index in [-0.39, 0.29) is 0 Å². The molecule has 0 fully saturated rings. The first-order chi connectivity index (χ1) is 8.97. The van der Waals surface area contributed by atoms with Crippen molar-refractivity contribution in [3.05, 3.63) is 23.1 Å². The van der Waals surface area contributed by atoms with Crippen LogP contribution in [0.2, 0.25) is 0 Å². The minimum absolute atomic E-state index is 0.509. The number of aromatic nitrogens is 6. The van der Waals surface area contributed by atoms with Gasteiger partial charge in [-0.05, 0) is 13.8 Å². The van der Waals surface area contributed by atoms with Gasteiger partial charge in [0.1, 0.15) is 5.52 Å². The average Bonchev–Trinajstić information content (AvgIpc) is 2.89. The van der Waals surface area contributed by atoms with Gasteiger partial charge in [-0.15, -0.1) is 0 Å². The maximum atomic E-state index is 6.02. The highest BCUT2D eigenvalue weighted by Crippen LogP contribution is 2.22. The first-order valence-corrected chi connectivity index (χ1v) is 6.12. The van der Waals surface area contributed by atoms with E-state index >= 15 is 0 Å². The molecule has 3 rings (SSSR count). The van der Waals surface area contributed by atoms with Crippen LogP contribution < -0.4 is 5.73 Å². The van der Waals surface area contributed by atoms with Crippen LogP contribution in [0.1, 0.15) is 17.0 Å². The molecule has 0 saturated carbocycles. The van der Waals surface area contributed by atoms with Gasteiger partial charge in [0.15, 0.2) is 5.65 Å². The van der Waals surface area contributed by atoms with E-state index in [4.69, 9.17) is 5.73 Å². The molecule has 3 heterocycles. The van der Waals surface area contributed by atoms with Gasteiger partial charge in [0.2, 0.25) is 5.95 Å². The Bertz CT molecular complexity index is 759. The number of hydrogen-bond donors (Lipinski definition) is 1. The lowest BCUT2D eigenvalue weighted by atomic mass is 10.2. The van der Waals surface area contributed by atoms with Crippen LogP contribution in [0.4, 0.5) is 5.95 Å². The molecule has 0 atom stereocenters. The van der Waals surface area contributed by atoms with E-state index in [0.29, 0.717) is 12.5 Å². The van der Waals surface area contributed by atoms with E-state index in [2.05, 4.69) is 15.2 Å². The zero-order valence-corrected chi connectivity index (χ0v) is 11.5. The molecule has 0 aliphatic carbocycles. The van der Waals surface area contributed by atoms with E-state index in [1.165, 1.54) is 0 Å². The lowest BCUT2D eigenvalue weighted by Crippen LogP contribution is -2.08. The second-order valence-electron chi connectivity index (χ2n) is 4.85. The minimum Gasteiger partial charge on any atom is -0.369 e. The molecule has 0 radical (unpaired) electrons. The number of rotatable bonds is 2. The highest BCUT2D eigenvalue weighted by Gasteiger charge is 2.16. The topological polar surface area (TPSA) is 79.5 Å². The molecule has 0 aliphatic rings. The molecule has 0 bridgehead atoms.